The Bertz CT molecular complexity index is 1020. The summed E-state index contributed by atoms with van der Waals surface area (Å²) >= 11 is 0. The average Bonchev–Trinajstić information content (AvgIpc) is 3.34. The second kappa shape index (κ2) is 9.58. The number of rotatable bonds is 7. The van der Waals surface area contributed by atoms with E-state index in [9.17, 15) is 14.7 Å². The van der Waals surface area contributed by atoms with Gasteiger partial charge in [0.25, 0.3) is 11.7 Å². The Hall–Kier alpha value is -3.10. The monoisotopic (exact) mass is 440 g/mol. The fourth-order valence-corrected chi connectivity index (χ4v) is 4.14. The van der Waals surface area contributed by atoms with Gasteiger partial charge in [-0.05, 0) is 38.1 Å². The van der Waals surface area contributed by atoms with Crippen LogP contribution in [0.3, 0.4) is 0 Å². The normalized spacial score (nSPS) is 21.3. The SMILES string of the molecule is CCOc1cccc(/C(O)=C2\C(=O)C(=O)N(CCN3CCOCC3)C2c2ccc(C)o2)c1. The standard InChI is InChI=1S/C24H28N2O6/c1-3-31-18-6-4-5-17(15-18)22(27)20-21(19-8-7-16(2)32-19)26(24(29)23(20)28)10-9-25-11-13-30-14-12-25/h4-8,15,21,27H,3,9-14H2,1-2H3/b22-20+. The number of furan rings is 1. The Morgan fingerprint density at radius 2 is 1.94 bits per heavy atom. The quantitative estimate of drug-likeness (QED) is 0.402. The minimum Gasteiger partial charge on any atom is -0.507 e. The van der Waals surface area contributed by atoms with E-state index in [1.807, 2.05) is 6.92 Å². The Labute approximate surface area is 187 Å². The summed E-state index contributed by atoms with van der Waals surface area (Å²) in [6.07, 6.45) is 0. The van der Waals surface area contributed by atoms with Gasteiger partial charge in [0.2, 0.25) is 0 Å². The zero-order chi connectivity index (χ0) is 22.7. The maximum absolute atomic E-state index is 13.1. The number of likely N-dealkylation sites (tertiary alicyclic amines) is 1. The van der Waals surface area contributed by atoms with Crippen molar-refractivity contribution in [2.45, 2.75) is 19.9 Å². The van der Waals surface area contributed by atoms with Crippen LogP contribution in [0.4, 0.5) is 0 Å². The Balaban J connectivity index is 1.71. The zero-order valence-corrected chi connectivity index (χ0v) is 18.4. The molecule has 1 atom stereocenters. The molecule has 1 N–H and O–H groups in total. The van der Waals surface area contributed by atoms with E-state index in [2.05, 4.69) is 4.90 Å². The molecule has 0 bridgehead atoms. The molecule has 2 fully saturated rings. The van der Waals surface area contributed by atoms with Crippen LogP contribution in [0.15, 0.2) is 46.4 Å². The molecular formula is C24H28N2O6. The number of carbonyl (C=O) groups is 2. The van der Waals surface area contributed by atoms with E-state index in [-0.39, 0.29) is 11.3 Å². The highest BCUT2D eigenvalue weighted by Crippen LogP contribution is 2.40. The zero-order valence-electron chi connectivity index (χ0n) is 18.4. The van der Waals surface area contributed by atoms with Crippen molar-refractivity contribution in [3.8, 4) is 5.75 Å². The molecule has 3 heterocycles. The smallest absolute Gasteiger partial charge is 0.295 e. The first-order chi connectivity index (χ1) is 15.5. The van der Waals surface area contributed by atoms with Gasteiger partial charge in [0.1, 0.15) is 29.1 Å². The van der Waals surface area contributed by atoms with Gasteiger partial charge in [-0.3, -0.25) is 14.5 Å². The molecule has 170 valence electrons. The number of carbonyl (C=O) groups excluding carboxylic acids is 2. The molecule has 8 heteroatoms. The van der Waals surface area contributed by atoms with Crippen LogP contribution >= 0.6 is 0 Å². The lowest BCUT2D eigenvalue weighted by molar-refractivity contribution is -0.140. The van der Waals surface area contributed by atoms with Crippen LogP contribution in [0.5, 0.6) is 5.75 Å². The summed E-state index contributed by atoms with van der Waals surface area (Å²) in [5, 5.41) is 11.1. The molecule has 0 aliphatic carbocycles. The van der Waals surface area contributed by atoms with Crippen LogP contribution in [0.1, 0.15) is 30.0 Å². The van der Waals surface area contributed by atoms with Gasteiger partial charge in [0, 0.05) is 31.7 Å². The summed E-state index contributed by atoms with van der Waals surface area (Å²) in [7, 11) is 0. The molecule has 1 unspecified atom stereocenters. The molecule has 0 spiro atoms. The van der Waals surface area contributed by atoms with Crippen molar-refractivity contribution >= 4 is 17.4 Å². The van der Waals surface area contributed by atoms with Gasteiger partial charge >= 0.3 is 0 Å². The third kappa shape index (κ3) is 4.42. The highest BCUT2D eigenvalue weighted by molar-refractivity contribution is 6.46. The van der Waals surface area contributed by atoms with Gasteiger partial charge in [-0.1, -0.05) is 12.1 Å². The van der Waals surface area contributed by atoms with E-state index in [4.69, 9.17) is 13.9 Å². The molecule has 32 heavy (non-hydrogen) atoms. The summed E-state index contributed by atoms with van der Waals surface area (Å²) in [5.41, 5.74) is 0.440. The van der Waals surface area contributed by atoms with E-state index in [0.29, 0.717) is 55.7 Å². The Morgan fingerprint density at radius 1 is 1.16 bits per heavy atom. The number of aryl methyl sites for hydroxylation is 1. The fraction of sp³-hybridized carbons (Fsp3) is 0.417. The number of nitrogens with zero attached hydrogens (tertiary/aromatic N) is 2. The number of aliphatic hydroxyl groups excluding tert-OH is 1. The second-order valence-electron chi connectivity index (χ2n) is 7.86. The van der Waals surface area contributed by atoms with Gasteiger partial charge < -0.3 is 23.9 Å². The fourth-order valence-electron chi connectivity index (χ4n) is 4.14. The number of hydrogen-bond donors (Lipinski definition) is 1. The predicted octanol–water partition coefficient (Wildman–Crippen LogP) is 2.74. The minimum absolute atomic E-state index is 0.0278. The molecule has 8 nitrogen and oxygen atoms in total. The number of morpholine rings is 1. The van der Waals surface area contributed by atoms with Gasteiger partial charge in [-0.15, -0.1) is 0 Å². The van der Waals surface area contributed by atoms with Crippen LogP contribution in [0.25, 0.3) is 5.76 Å². The van der Waals surface area contributed by atoms with Crippen LogP contribution in [-0.2, 0) is 14.3 Å². The number of hydrogen-bond acceptors (Lipinski definition) is 7. The largest absolute Gasteiger partial charge is 0.507 e. The lowest BCUT2D eigenvalue weighted by atomic mass is 9.99. The first-order valence-electron chi connectivity index (χ1n) is 10.9. The summed E-state index contributed by atoms with van der Waals surface area (Å²) in [6, 6.07) is 9.59. The maximum atomic E-state index is 13.1. The van der Waals surface area contributed by atoms with Crippen molar-refractivity contribution in [2.75, 3.05) is 46.0 Å². The molecule has 2 aromatic rings. The van der Waals surface area contributed by atoms with E-state index in [0.717, 1.165) is 13.1 Å². The third-order valence-corrected chi connectivity index (χ3v) is 5.75. The van der Waals surface area contributed by atoms with Crippen molar-refractivity contribution in [3.63, 3.8) is 0 Å². The number of Topliss-reactive ketones (excluding diaryl/α,β-unsaturated/α-hetero) is 1. The highest BCUT2D eigenvalue weighted by atomic mass is 16.5. The van der Waals surface area contributed by atoms with Crippen molar-refractivity contribution in [2.24, 2.45) is 0 Å². The maximum Gasteiger partial charge on any atom is 0.295 e. The van der Waals surface area contributed by atoms with E-state index in [1.54, 1.807) is 43.3 Å². The second-order valence-corrected chi connectivity index (χ2v) is 7.86. The molecule has 0 saturated carbocycles. The van der Waals surface area contributed by atoms with E-state index < -0.39 is 17.7 Å². The molecule has 4 rings (SSSR count). The minimum atomic E-state index is -0.791. The molecule has 1 amide bonds. The van der Waals surface area contributed by atoms with Crippen LogP contribution in [0, 0.1) is 6.92 Å². The third-order valence-electron chi connectivity index (χ3n) is 5.75. The topological polar surface area (TPSA) is 92.5 Å². The van der Waals surface area contributed by atoms with Gasteiger partial charge in [0.15, 0.2) is 0 Å². The molecule has 2 aliphatic rings. The Morgan fingerprint density at radius 3 is 2.62 bits per heavy atom. The van der Waals surface area contributed by atoms with Crippen LogP contribution in [0.2, 0.25) is 0 Å². The molecule has 2 saturated heterocycles. The van der Waals surface area contributed by atoms with Gasteiger partial charge in [0.05, 0.1) is 25.4 Å². The lowest BCUT2D eigenvalue weighted by Crippen LogP contribution is -2.42. The van der Waals surface area contributed by atoms with Crippen LogP contribution in [-0.4, -0.2) is 72.6 Å². The van der Waals surface area contributed by atoms with Crippen molar-refractivity contribution in [1.82, 2.24) is 9.80 Å². The molecule has 1 aromatic heterocycles. The average molecular weight is 440 g/mol. The van der Waals surface area contributed by atoms with Gasteiger partial charge in [-0.2, -0.15) is 0 Å². The first-order valence-corrected chi connectivity index (χ1v) is 10.9. The first kappa shape index (κ1) is 22.1. The van der Waals surface area contributed by atoms with Crippen LogP contribution < -0.4 is 4.74 Å². The van der Waals surface area contributed by atoms with Crippen molar-refractivity contribution < 1.29 is 28.6 Å². The molecular weight excluding hydrogens is 412 g/mol. The van der Waals surface area contributed by atoms with E-state index in [1.165, 1.54) is 4.90 Å². The van der Waals surface area contributed by atoms with Crippen molar-refractivity contribution in [1.29, 1.82) is 0 Å². The molecule has 0 radical (unpaired) electrons. The number of aliphatic hydroxyl groups is 1. The predicted molar refractivity (Wildman–Crippen MR) is 117 cm³/mol. The lowest BCUT2D eigenvalue weighted by Gasteiger charge is -2.30. The Kier molecular flexibility index (Phi) is 6.62. The number of benzene rings is 1. The number of amides is 1. The van der Waals surface area contributed by atoms with Gasteiger partial charge in [-0.25, -0.2) is 0 Å². The number of ketones is 1. The number of ether oxygens (including phenoxy) is 2. The van der Waals surface area contributed by atoms with E-state index >= 15 is 0 Å². The molecule has 2 aliphatic heterocycles. The summed E-state index contributed by atoms with van der Waals surface area (Å²) in [6.45, 7) is 7.93. The summed E-state index contributed by atoms with van der Waals surface area (Å²) in [5.74, 6) is 0.0924. The van der Waals surface area contributed by atoms with Crippen molar-refractivity contribution in [3.05, 3.63) is 59.1 Å². The highest BCUT2D eigenvalue weighted by Gasteiger charge is 2.47. The molecule has 1 aromatic carbocycles. The summed E-state index contributed by atoms with van der Waals surface area (Å²) in [4.78, 5) is 29.8. The summed E-state index contributed by atoms with van der Waals surface area (Å²) < 4.78 is 16.7.